The summed E-state index contributed by atoms with van der Waals surface area (Å²) in [6.45, 7) is 9.26. The number of hydrogen-bond donors (Lipinski definition) is 0. The first kappa shape index (κ1) is 22.3. The Morgan fingerprint density at radius 1 is 0.719 bits per heavy atom. The molecule has 0 nitrogen and oxygen atoms in total. The van der Waals surface area contributed by atoms with Crippen LogP contribution in [0.25, 0.3) is 5.57 Å². The first-order chi connectivity index (χ1) is 15.3. The molecule has 1 aromatic rings. The van der Waals surface area contributed by atoms with Gasteiger partial charge in [-0.2, -0.15) is 0 Å². The van der Waals surface area contributed by atoms with Crippen LogP contribution in [0.4, 0.5) is 0 Å². The van der Waals surface area contributed by atoms with Crippen molar-refractivity contribution >= 4 is 5.57 Å². The Balaban J connectivity index is 1.63. The van der Waals surface area contributed by atoms with Gasteiger partial charge < -0.3 is 0 Å². The minimum Gasteiger partial charge on any atom is -0.0796 e. The molecule has 0 aliphatic heterocycles. The van der Waals surface area contributed by atoms with E-state index in [2.05, 4.69) is 149 Å². The monoisotopic (exact) mass is 420 g/mol. The van der Waals surface area contributed by atoms with Crippen LogP contribution in [0, 0.1) is 28.1 Å². The molecule has 2 atom stereocenters. The molecule has 0 amide bonds. The Morgan fingerprint density at radius 3 is 1.75 bits per heavy atom. The van der Waals surface area contributed by atoms with E-state index in [4.69, 9.17) is 0 Å². The maximum atomic E-state index is 2.43. The van der Waals surface area contributed by atoms with Crippen molar-refractivity contribution in [3.8, 4) is 0 Å². The van der Waals surface area contributed by atoms with Gasteiger partial charge in [0.25, 0.3) is 0 Å². The van der Waals surface area contributed by atoms with Gasteiger partial charge in [-0.25, -0.2) is 0 Å². The number of allylic oxidation sites excluding steroid dienone is 16. The Kier molecular flexibility index (Phi) is 6.24. The highest BCUT2D eigenvalue weighted by atomic mass is 14.3. The van der Waals surface area contributed by atoms with Gasteiger partial charge in [0.1, 0.15) is 0 Å². The van der Waals surface area contributed by atoms with Crippen molar-refractivity contribution in [3.63, 3.8) is 0 Å². The average molecular weight is 421 g/mol. The van der Waals surface area contributed by atoms with Crippen LogP contribution in [-0.4, -0.2) is 0 Å². The smallest absolute Gasteiger partial charge is 0.0280 e. The van der Waals surface area contributed by atoms with Crippen LogP contribution in [0.5, 0.6) is 0 Å². The summed E-state index contributed by atoms with van der Waals surface area (Å²) in [7, 11) is 0. The zero-order chi connectivity index (χ0) is 22.7. The standard InChI is InChI=1S/C32H36/c1-30(2)20-10-8-14-28(30)18-24-32(25-19-29-15-9-11-21-31(29,3)4)22-16-27(17-23-32)26-12-6-5-7-13-26/h5-22,24-25,28-29H,23H2,1-4H3. The molecule has 0 aromatic heterocycles. The Bertz CT molecular complexity index is 995. The molecule has 0 bridgehead atoms. The lowest BCUT2D eigenvalue weighted by atomic mass is 9.71. The molecule has 0 heteroatoms. The fraction of sp³-hybridized carbons (Fsp3) is 0.312. The molecular formula is C32H36. The molecule has 1 aromatic carbocycles. The van der Waals surface area contributed by atoms with E-state index in [9.17, 15) is 0 Å². The SMILES string of the molecule is CC1(C)C=CC=CC1C=CC1(C=CC2C=CC=CC2(C)C)C=CC(c2ccccc2)=CC1. The summed E-state index contributed by atoms with van der Waals surface area (Å²) in [5.74, 6) is 0.805. The van der Waals surface area contributed by atoms with Crippen LogP contribution in [-0.2, 0) is 0 Å². The lowest BCUT2D eigenvalue weighted by Crippen LogP contribution is -2.22. The first-order valence-corrected chi connectivity index (χ1v) is 11.9. The van der Waals surface area contributed by atoms with Crippen LogP contribution in [0.1, 0.15) is 39.7 Å². The van der Waals surface area contributed by atoms with Crippen molar-refractivity contribution in [1.29, 1.82) is 0 Å². The molecule has 0 saturated carbocycles. The second-order valence-corrected chi connectivity index (χ2v) is 10.6. The molecule has 0 N–H and O–H groups in total. The van der Waals surface area contributed by atoms with Crippen molar-refractivity contribution in [2.45, 2.75) is 34.1 Å². The molecular weight excluding hydrogens is 384 g/mol. The molecule has 0 spiro atoms. The third kappa shape index (κ3) is 4.96. The average Bonchev–Trinajstić information content (AvgIpc) is 2.78. The highest BCUT2D eigenvalue weighted by Crippen LogP contribution is 2.41. The fourth-order valence-corrected chi connectivity index (χ4v) is 4.70. The Labute approximate surface area is 194 Å². The van der Waals surface area contributed by atoms with Gasteiger partial charge in [-0.1, -0.05) is 149 Å². The van der Waals surface area contributed by atoms with Crippen molar-refractivity contribution in [3.05, 3.63) is 127 Å². The second kappa shape index (κ2) is 8.94. The third-order valence-electron chi connectivity index (χ3n) is 7.21. The van der Waals surface area contributed by atoms with Gasteiger partial charge in [-0.3, -0.25) is 0 Å². The van der Waals surface area contributed by atoms with Gasteiger partial charge in [0.05, 0.1) is 0 Å². The van der Waals surface area contributed by atoms with Crippen LogP contribution < -0.4 is 0 Å². The van der Waals surface area contributed by atoms with Gasteiger partial charge in [0, 0.05) is 17.3 Å². The Morgan fingerprint density at radius 2 is 1.28 bits per heavy atom. The van der Waals surface area contributed by atoms with Crippen molar-refractivity contribution < 1.29 is 0 Å². The molecule has 164 valence electrons. The van der Waals surface area contributed by atoms with Gasteiger partial charge in [0.15, 0.2) is 0 Å². The normalized spacial score (nSPS) is 30.3. The summed E-state index contributed by atoms with van der Waals surface area (Å²) in [6.07, 6.45) is 35.7. The summed E-state index contributed by atoms with van der Waals surface area (Å²) in [4.78, 5) is 0. The topological polar surface area (TPSA) is 0 Å². The number of rotatable bonds is 5. The molecule has 4 rings (SSSR count). The van der Waals surface area contributed by atoms with E-state index < -0.39 is 0 Å². The van der Waals surface area contributed by atoms with Crippen LogP contribution in [0.2, 0.25) is 0 Å². The molecule has 0 saturated heterocycles. The van der Waals surface area contributed by atoms with E-state index in [1.165, 1.54) is 11.1 Å². The molecule has 32 heavy (non-hydrogen) atoms. The maximum Gasteiger partial charge on any atom is 0.0280 e. The predicted molar refractivity (Wildman–Crippen MR) is 140 cm³/mol. The van der Waals surface area contributed by atoms with E-state index in [1.807, 2.05) is 0 Å². The van der Waals surface area contributed by atoms with Crippen LogP contribution in [0.15, 0.2) is 121 Å². The summed E-state index contributed by atoms with van der Waals surface area (Å²) >= 11 is 0. The van der Waals surface area contributed by atoms with Crippen molar-refractivity contribution in [2.24, 2.45) is 28.1 Å². The summed E-state index contributed by atoms with van der Waals surface area (Å²) in [5, 5.41) is 0. The maximum absolute atomic E-state index is 2.43. The van der Waals surface area contributed by atoms with Crippen molar-refractivity contribution in [1.82, 2.24) is 0 Å². The lowest BCUT2D eigenvalue weighted by Gasteiger charge is -2.33. The highest BCUT2D eigenvalue weighted by molar-refractivity contribution is 5.75. The highest BCUT2D eigenvalue weighted by Gasteiger charge is 2.29. The number of benzene rings is 1. The molecule has 3 aliphatic rings. The first-order valence-electron chi connectivity index (χ1n) is 11.9. The minimum absolute atomic E-state index is 0.103. The summed E-state index contributed by atoms with van der Waals surface area (Å²) in [5.41, 5.74) is 2.77. The largest absolute Gasteiger partial charge is 0.0796 e. The van der Waals surface area contributed by atoms with Gasteiger partial charge in [-0.05, 0) is 28.4 Å². The third-order valence-corrected chi connectivity index (χ3v) is 7.21. The number of hydrogen-bond acceptors (Lipinski definition) is 0. The van der Waals surface area contributed by atoms with Crippen LogP contribution in [0.3, 0.4) is 0 Å². The van der Waals surface area contributed by atoms with Crippen molar-refractivity contribution in [2.75, 3.05) is 0 Å². The lowest BCUT2D eigenvalue weighted by molar-refractivity contribution is 0.392. The van der Waals surface area contributed by atoms with Gasteiger partial charge >= 0.3 is 0 Å². The fourth-order valence-electron chi connectivity index (χ4n) is 4.70. The molecule has 0 fully saturated rings. The molecule has 3 aliphatic carbocycles. The van der Waals surface area contributed by atoms with Gasteiger partial charge in [-0.15, -0.1) is 0 Å². The quantitative estimate of drug-likeness (QED) is 0.418. The van der Waals surface area contributed by atoms with E-state index in [0.717, 1.165) is 6.42 Å². The zero-order valence-corrected chi connectivity index (χ0v) is 19.9. The molecule has 0 heterocycles. The van der Waals surface area contributed by atoms with E-state index in [-0.39, 0.29) is 16.2 Å². The van der Waals surface area contributed by atoms with E-state index in [1.54, 1.807) is 0 Å². The predicted octanol–water partition coefficient (Wildman–Crippen LogP) is 8.67. The molecule has 0 radical (unpaired) electrons. The Hall–Kier alpha value is -2.86. The van der Waals surface area contributed by atoms with E-state index >= 15 is 0 Å². The summed E-state index contributed by atoms with van der Waals surface area (Å²) < 4.78 is 0. The molecule has 2 unspecified atom stereocenters. The zero-order valence-electron chi connectivity index (χ0n) is 19.9. The second-order valence-electron chi connectivity index (χ2n) is 10.6. The summed E-state index contributed by atoms with van der Waals surface area (Å²) in [6, 6.07) is 10.7. The van der Waals surface area contributed by atoms with E-state index in [0.29, 0.717) is 11.8 Å². The van der Waals surface area contributed by atoms with Gasteiger partial charge in [0.2, 0.25) is 0 Å². The van der Waals surface area contributed by atoms with Crippen LogP contribution >= 0.6 is 0 Å². The minimum atomic E-state index is -0.103.